The van der Waals surface area contributed by atoms with Crippen LogP contribution >= 0.6 is 0 Å². The van der Waals surface area contributed by atoms with Gasteiger partial charge < -0.3 is 15.2 Å². The van der Waals surface area contributed by atoms with Gasteiger partial charge in [0.05, 0.1) is 12.3 Å². The van der Waals surface area contributed by atoms with Crippen molar-refractivity contribution < 1.29 is 13.9 Å². The van der Waals surface area contributed by atoms with Crippen molar-refractivity contribution in [1.82, 2.24) is 9.97 Å². The third-order valence-electron chi connectivity index (χ3n) is 2.42. The van der Waals surface area contributed by atoms with Gasteiger partial charge in [0.15, 0.2) is 6.10 Å². The van der Waals surface area contributed by atoms with Gasteiger partial charge >= 0.3 is 0 Å². The van der Waals surface area contributed by atoms with E-state index in [1.165, 1.54) is 18.3 Å². The molecule has 6 heteroatoms. The molecule has 2 aromatic rings. The lowest BCUT2D eigenvalue weighted by Gasteiger charge is -2.18. The Morgan fingerprint density at radius 2 is 2.21 bits per heavy atom. The summed E-state index contributed by atoms with van der Waals surface area (Å²) >= 11 is 0. The van der Waals surface area contributed by atoms with Crippen LogP contribution in [0, 0.1) is 5.82 Å². The average molecular weight is 263 g/mol. The fourth-order valence-electron chi connectivity index (χ4n) is 1.60. The van der Waals surface area contributed by atoms with Crippen molar-refractivity contribution in [3.8, 4) is 5.75 Å². The predicted octanol–water partition coefficient (Wildman–Crippen LogP) is 1.96. The van der Waals surface area contributed by atoms with Gasteiger partial charge in [-0.25, -0.2) is 14.4 Å². The molecule has 100 valence electrons. The van der Waals surface area contributed by atoms with Crippen LogP contribution in [0.5, 0.6) is 5.75 Å². The van der Waals surface area contributed by atoms with Gasteiger partial charge in [-0.15, -0.1) is 0 Å². The van der Waals surface area contributed by atoms with Crippen molar-refractivity contribution in [2.24, 2.45) is 0 Å². The highest BCUT2D eigenvalue weighted by atomic mass is 19.1. The van der Waals surface area contributed by atoms with Gasteiger partial charge in [-0.3, -0.25) is 0 Å². The third kappa shape index (κ3) is 3.62. The number of aromatic nitrogens is 2. The molecule has 0 aliphatic carbocycles. The topological polar surface area (TPSA) is 70.3 Å². The minimum Gasteiger partial charge on any atom is -0.482 e. The van der Waals surface area contributed by atoms with Crippen LogP contribution in [-0.2, 0) is 4.74 Å². The first-order valence-electron chi connectivity index (χ1n) is 5.68. The van der Waals surface area contributed by atoms with Crippen LogP contribution in [0.1, 0.15) is 11.8 Å². The SMILES string of the molecule is COCC(Oc1cccc(F)c1)c1ccnc(N)n1. The molecule has 2 N–H and O–H groups in total. The van der Waals surface area contributed by atoms with Crippen LogP contribution in [0.4, 0.5) is 10.3 Å². The molecule has 1 unspecified atom stereocenters. The second kappa shape index (κ2) is 6.10. The third-order valence-corrected chi connectivity index (χ3v) is 2.42. The number of methoxy groups -OCH3 is 1. The largest absolute Gasteiger partial charge is 0.482 e. The maximum Gasteiger partial charge on any atom is 0.220 e. The normalized spacial score (nSPS) is 12.1. The van der Waals surface area contributed by atoms with Crippen molar-refractivity contribution >= 4 is 5.95 Å². The summed E-state index contributed by atoms with van der Waals surface area (Å²) in [5, 5.41) is 0. The van der Waals surface area contributed by atoms with Crippen LogP contribution in [0.15, 0.2) is 36.5 Å². The summed E-state index contributed by atoms with van der Waals surface area (Å²) in [7, 11) is 1.55. The summed E-state index contributed by atoms with van der Waals surface area (Å²) in [6.07, 6.45) is 1.06. The molecule has 0 saturated carbocycles. The molecule has 2 rings (SSSR count). The highest BCUT2D eigenvalue weighted by Crippen LogP contribution is 2.21. The Bertz CT molecular complexity index is 551. The second-order valence-corrected chi connectivity index (χ2v) is 3.86. The number of benzene rings is 1. The Kier molecular flexibility index (Phi) is 4.25. The zero-order chi connectivity index (χ0) is 13.7. The number of anilines is 1. The highest BCUT2D eigenvalue weighted by molar-refractivity contribution is 5.25. The van der Waals surface area contributed by atoms with Crippen molar-refractivity contribution in [3.05, 3.63) is 48.0 Å². The monoisotopic (exact) mass is 263 g/mol. The Morgan fingerprint density at radius 3 is 2.89 bits per heavy atom. The number of halogens is 1. The number of nitrogens with two attached hydrogens (primary N) is 1. The zero-order valence-corrected chi connectivity index (χ0v) is 10.4. The van der Waals surface area contributed by atoms with E-state index in [1.54, 1.807) is 25.3 Å². The Hall–Kier alpha value is -2.21. The number of nitrogens with zero attached hydrogens (tertiary/aromatic N) is 2. The number of hydrogen-bond acceptors (Lipinski definition) is 5. The van der Waals surface area contributed by atoms with Crippen LogP contribution in [-0.4, -0.2) is 23.7 Å². The average Bonchev–Trinajstić information content (AvgIpc) is 2.38. The Morgan fingerprint density at radius 1 is 1.37 bits per heavy atom. The molecule has 0 fully saturated rings. The van der Waals surface area contributed by atoms with Gasteiger partial charge in [-0.2, -0.15) is 0 Å². The predicted molar refractivity (Wildman–Crippen MR) is 68.1 cm³/mol. The molecule has 0 aliphatic rings. The minimum atomic E-state index is -0.475. The second-order valence-electron chi connectivity index (χ2n) is 3.86. The Balaban J connectivity index is 2.21. The summed E-state index contributed by atoms with van der Waals surface area (Å²) < 4.78 is 23.9. The quantitative estimate of drug-likeness (QED) is 0.893. The smallest absolute Gasteiger partial charge is 0.220 e. The molecular weight excluding hydrogens is 249 g/mol. The summed E-state index contributed by atoms with van der Waals surface area (Å²) in [6, 6.07) is 7.56. The lowest BCUT2D eigenvalue weighted by Crippen LogP contribution is -2.16. The van der Waals surface area contributed by atoms with Crippen molar-refractivity contribution in [2.45, 2.75) is 6.10 Å². The molecule has 1 aromatic carbocycles. The molecule has 0 radical (unpaired) electrons. The highest BCUT2D eigenvalue weighted by Gasteiger charge is 2.15. The fourth-order valence-corrected chi connectivity index (χ4v) is 1.60. The van der Waals surface area contributed by atoms with Crippen LogP contribution < -0.4 is 10.5 Å². The summed E-state index contributed by atoms with van der Waals surface area (Å²) in [4.78, 5) is 7.89. The molecule has 0 saturated heterocycles. The van der Waals surface area contributed by atoms with E-state index in [-0.39, 0.29) is 18.4 Å². The van der Waals surface area contributed by atoms with Gasteiger partial charge in [0.2, 0.25) is 5.95 Å². The van der Waals surface area contributed by atoms with E-state index in [0.717, 1.165) is 0 Å². The van der Waals surface area contributed by atoms with E-state index in [9.17, 15) is 4.39 Å². The van der Waals surface area contributed by atoms with Crippen LogP contribution in [0.25, 0.3) is 0 Å². The van der Waals surface area contributed by atoms with Gasteiger partial charge in [0.25, 0.3) is 0 Å². The summed E-state index contributed by atoms with van der Waals surface area (Å²) in [5.74, 6) is 0.191. The van der Waals surface area contributed by atoms with Crippen LogP contribution in [0.2, 0.25) is 0 Å². The molecular formula is C13H14FN3O2. The van der Waals surface area contributed by atoms with Crippen molar-refractivity contribution in [2.75, 3.05) is 19.5 Å². The lowest BCUT2D eigenvalue weighted by molar-refractivity contribution is 0.0782. The van der Waals surface area contributed by atoms with Crippen molar-refractivity contribution in [1.29, 1.82) is 0 Å². The Labute approximate surface area is 110 Å². The molecule has 0 amide bonds. The van der Waals surface area contributed by atoms with Crippen molar-refractivity contribution in [3.63, 3.8) is 0 Å². The van der Waals surface area contributed by atoms with Gasteiger partial charge in [-0.05, 0) is 18.2 Å². The summed E-state index contributed by atoms with van der Waals surface area (Å²) in [6.45, 7) is 0.271. The molecule has 5 nitrogen and oxygen atoms in total. The fraction of sp³-hybridized carbons (Fsp3) is 0.231. The number of rotatable bonds is 5. The molecule has 0 bridgehead atoms. The first-order valence-corrected chi connectivity index (χ1v) is 5.68. The van der Waals surface area contributed by atoms with Gasteiger partial charge in [0, 0.05) is 19.4 Å². The number of hydrogen-bond donors (Lipinski definition) is 1. The van der Waals surface area contributed by atoms with E-state index in [2.05, 4.69) is 9.97 Å². The van der Waals surface area contributed by atoms with E-state index in [1.807, 2.05) is 0 Å². The molecule has 1 atom stereocenters. The first kappa shape index (κ1) is 13.2. The van der Waals surface area contributed by atoms with E-state index < -0.39 is 6.10 Å². The zero-order valence-electron chi connectivity index (χ0n) is 10.4. The molecule has 0 spiro atoms. The maximum absolute atomic E-state index is 13.1. The molecule has 0 aliphatic heterocycles. The molecule has 1 heterocycles. The number of ether oxygens (including phenoxy) is 2. The van der Waals surface area contributed by atoms with E-state index in [0.29, 0.717) is 11.4 Å². The summed E-state index contributed by atoms with van der Waals surface area (Å²) in [5.41, 5.74) is 6.11. The molecule has 1 aromatic heterocycles. The van der Waals surface area contributed by atoms with E-state index in [4.69, 9.17) is 15.2 Å². The first-order chi connectivity index (χ1) is 9.19. The maximum atomic E-state index is 13.1. The molecule has 19 heavy (non-hydrogen) atoms. The van der Waals surface area contributed by atoms with Crippen LogP contribution in [0.3, 0.4) is 0 Å². The number of nitrogen functional groups attached to an aromatic ring is 1. The minimum absolute atomic E-state index is 0.154. The standard InChI is InChI=1S/C13H14FN3O2/c1-18-8-12(11-5-6-16-13(15)17-11)19-10-4-2-3-9(14)7-10/h2-7,12H,8H2,1H3,(H2,15,16,17). The van der Waals surface area contributed by atoms with Gasteiger partial charge in [-0.1, -0.05) is 6.07 Å². The van der Waals surface area contributed by atoms with Gasteiger partial charge in [0.1, 0.15) is 11.6 Å². The van der Waals surface area contributed by atoms with E-state index >= 15 is 0 Å². The lowest BCUT2D eigenvalue weighted by atomic mass is 10.2.